The smallest absolute Gasteiger partial charge is 0.216 e. The number of aryl methyl sites for hydroxylation is 1. The highest BCUT2D eigenvalue weighted by Gasteiger charge is 2.21. The number of hydrogen-bond acceptors (Lipinski definition) is 4. The Morgan fingerprint density at radius 3 is 2.39 bits per heavy atom. The van der Waals surface area contributed by atoms with Crippen molar-refractivity contribution in [3.05, 3.63) is 34.4 Å². The number of aldehydes is 1. The lowest BCUT2D eigenvalue weighted by Gasteiger charge is -2.11. The second-order valence-corrected chi connectivity index (χ2v) is 7.16. The molecule has 1 atom stereocenters. The van der Waals surface area contributed by atoms with Crippen LogP contribution in [0, 0.1) is 0 Å². The first-order valence-electron chi connectivity index (χ1n) is 10.6. The molecule has 1 aliphatic heterocycles. The van der Waals surface area contributed by atoms with Crippen molar-refractivity contribution in [3.8, 4) is 0 Å². The molecule has 1 aromatic heterocycles. The average Bonchev–Trinajstić information content (AvgIpc) is 3.44. The summed E-state index contributed by atoms with van der Waals surface area (Å²) in [6.07, 6.45) is 7.83. The Bertz CT molecular complexity index is 735. The zero-order valence-corrected chi connectivity index (χ0v) is 21.3. The Hall–Kier alpha value is -2.19. The largest absolute Gasteiger partial charge is 0.361 e. The number of nitrogens with zero attached hydrogens (tertiary/aromatic N) is 1. The van der Waals surface area contributed by atoms with Gasteiger partial charge in [-0.1, -0.05) is 43.1 Å². The molecule has 2 aromatic rings. The number of H-pyrrole nitrogens is 1. The van der Waals surface area contributed by atoms with Crippen LogP contribution in [0.5, 0.6) is 0 Å². The Labute approximate surface area is 195 Å². The second-order valence-electron chi connectivity index (χ2n) is 6.25. The van der Waals surface area contributed by atoms with Gasteiger partial charge in [-0.2, -0.15) is 0 Å². The summed E-state index contributed by atoms with van der Waals surface area (Å²) in [5.41, 5.74) is 7.14. The summed E-state index contributed by atoms with van der Waals surface area (Å²) in [6, 6.07) is 6.21. The molecule has 0 radical (unpaired) electrons. The zero-order chi connectivity index (χ0) is 24.2. The third-order valence-electron chi connectivity index (χ3n) is 4.24. The lowest BCUT2D eigenvalue weighted by Crippen LogP contribution is -2.28. The lowest BCUT2D eigenvalue weighted by atomic mass is 10.1. The van der Waals surface area contributed by atoms with Gasteiger partial charge >= 0.3 is 0 Å². The molecule has 0 spiro atoms. The van der Waals surface area contributed by atoms with Crippen molar-refractivity contribution in [2.45, 2.75) is 59.4 Å². The van der Waals surface area contributed by atoms with Gasteiger partial charge in [-0.3, -0.25) is 9.59 Å². The molecule has 1 saturated heterocycles. The zero-order valence-electron chi connectivity index (χ0n) is 19.7. The molecule has 1 fully saturated rings. The van der Waals surface area contributed by atoms with E-state index < -0.39 is 0 Å². The number of amides is 2. The fourth-order valence-electron chi connectivity index (χ4n) is 2.72. The van der Waals surface area contributed by atoms with Crippen LogP contribution in [0.15, 0.2) is 28.9 Å². The molecule has 176 valence electrons. The summed E-state index contributed by atoms with van der Waals surface area (Å²) in [5.74, 6) is 0.00463. The molecule has 0 aliphatic carbocycles. The van der Waals surface area contributed by atoms with Crippen molar-refractivity contribution in [3.63, 3.8) is 0 Å². The van der Waals surface area contributed by atoms with E-state index in [-0.39, 0.29) is 11.9 Å². The maximum Gasteiger partial charge on any atom is 0.216 e. The van der Waals surface area contributed by atoms with E-state index in [0.717, 1.165) is 43.0 Å². The van der Waals surface area contributed by atoms with E-state index >= 15 is 0 Å². The van der Waals surface area contributed by atoms with Crippen LogP contribution in [0.3, 0.4) is 0 Å². The van der Waals surface area contributed by atoms with E-state index in [9.17, 15) is 14.4 Å². The highest BCUT2D eigenvalue weighted by molar-refractivity contribution is 9.10. The van der Waals surface area contributed by atoms with Gasteiger partial charge in [0.1, 0.15) is 6.29 Å². The Morgan fingerprint density at radius 1 is 1.32 bits per heavy atom. The molecule has 0 bridgehead atoms. The van der Waals surface area contributed by atoms with Crippen LogP contribution in [0.4, 0.5) is 0 Å². The summed E-state index contributed by atoms with van der Waals surface area (Å²) in [7, 11) is 3.10. The number of fused-ring (bicyclic) bond motifs is 1. The van der Waals surface area contributed by atoms with E-state index in [4.69, 9.17) is 0 Å². The molecule has 2 amide bonds. The maximum absolute atomic E-state index is 10.2. The summed E-state index contributed by atoms with van der Waals surface area (Å²) >= 11 is 3.49. The number of halogens is 1. The molecular formula is C23H39BrN4O3. The van der Waals surface area contributed by atoms with E-state index in [2.05, 4.69) is 63.3 Å². The Balaban J connectivity index is 0. The van der Waals surface area contributed by atoms with Crippen molar-refractivity contribution in [2.75, 3.05) is 20.6 Å². The quantitative estimate of drug-likeness (QED) is 0.552. The van der Waals surface area contributed by atoms with E-state index in [1.807, 2.05) is 13.8 Å². The van der Waals surface area contributed by atoms with Gasteiger partial charge in [0.2, 0.25) is 12.3 Å². The molecule has 3 rings (SSSR count). The van der Waals surface area contributed by atoms with Gasteiger partial charge in [0, 0.05) is 42.1 Å². The highest BCUT2D eigenvalue weighted by atomic mass is 79.9. The van der Waals surface area contributed by atoms with Gasteiger partial charge in [0.15, 0.2) is 0 Å². The molecule has 4 N–H and O–H groups in total. The van der Waals surface area contributed by atoms with Crippen molar-refractivity contribution < 1.29 is 14.4 Å². The number of likely N-dealkylation sites (tertiary alicyclic amines) is 1. The van der Waals surface area contributed by atoms with Crippen LogP contribution in [-0.4, -0.2) is 55.2 Å². The van der Waals surface area contributed by atoms with Gasteiger partial charge in [0.25, 0.3) is 0 Å². The minimum Gasteiger partial charge on any atom is -0.361 e. The highest BCUT2D eigenvalue weighted by Crippen LogP contribution is 2.23. The normalized spacial score (nSPS) is 13.7. The summed E-state index contributed by atoms with van der Waals surface area (Å²) in [4.78, 5) is 34.8. The number of nitrogens with one attached hydrogen (secondary N) is 2. The van der Waals surface area contributed by atoms with Gasteiger partial charge in [0.05, 0.1) is 6.04 Å². The fourth-order valence-corrected chi connectivity index (χ4v) is 3.08. The predicted molar refractivity (Wildman–Crippen MR) is 133 cm³/mol. The summed E-state index contributed by atoms with van der Waals surface area (Å²) in [5, 5.41) is 3.73. The van der Waals surface area contributed by atoms with E-state index in [0.29, 0.717) is 0 Å². The molecule has 1 aliphatic rings. The second kappa shape index (κ2) is 19.8. The Morgan fingerprint density at radius 2 is 1.94 bits per heavy atom. The number of hydrogen-bond donors (Lipinski definition) is 3. The van der Waals surface area contributed by atoms with E-state index in [1.165, 1.54) is 41.8 Å². The van der Waals surface area contributed by atoms with Crippen LogP contribution in [0.1, 0.15) is 52.5 Å². The van der Waals surface area contributed by atoms with E-state index in [1.54, 1.807) is 7.05 Å². The number of aromatic amines is 1. The lowest BCUT2D eigenvalue weighted by molar-refractivity contribution is -0.123. The summed E-state index contributed by atoms with van der Waals surface area (Å²) in [6.45, 7) is 8.42. The molecule has 31 heavy (non-hydrogen) atoms. The number of carbonyl (C=O) groups excluding carboxylic acids is 3. The van der Waals surface area contributed by atoms with Gasteiger partial charge in [-0.15, -0.1) is 0 Å². The van der Waals surface area contributed by atoms with Crippen LogP contribution in [0.2, 0.25) is 0 Å². The standard InChI is InChI=1S/C11H12BrN.C6H9NO2.C3H7NO.C2H6.CH5N/c1-2-3-8-7-13-11-5-4-9(12)6-10(8)11;8-4-6-2-1-3-7(6)5-9;1-3(5)4-2;2*1-2/h4-7,13H,2-3H2,1H3;4-6H,1-3H2;1-2H3,(H,4,5);1-2H3;2H2,1H3/t;6-;;;/m.0.../s1. The maximum atomic E-state index is 10.2. The van der Waals surface area contributed by atoms with Crippen molar-refractivity contribution in [2.24, 2.45) is 5.73 Å². The summed E-state index contributed by atoms with van der Waals surface area (Å²) < 4.78 is 1.15. The Kier molecular flexibility index (Phi) is 19.8. The number of aromatic nitrogens is 1. The molecule has 0 saturated carbocycles. The third-order valence-corrected chi connectivity index (χ3v) is 4.73. The van der Waals surface area contributed by atoms with Gasteiger partial charge in [-0.05, 0) is 50.1 Å². The fraction of sp³-hybridized carbons (Fsp3) is 0.522. The van der Waals surface area contributed by atoms with Crippen LogP contribution < -0.4 is 11.1 Å². The first-order valence-corrected chi connectivity index (χ1v) is 11.4. The van der Waals surface area contributed by atoms with Crippen molar-refractivity contribution in [1.82, 2.24) is 15.2 Å². The van der Waals surface area contributed by atoms with Crippen molar-refractivity contribution in [1.29, 1.82) is 0 Å². The average molecular weight is 499 g/mol. The van der Waals surface area contributed by atoms with Crippen LogP contribution in [-0.2, 0) is 20.8 Å². The third kappa shape index (κ3) is 12.3. The molecule has 1 aromatic carbocycles. The molecule has 0 unspecified atom stereocenters. The number of nitrogens with two attached hydrogens (primary N) is 1. The topological polar surface area (TPSA) is 108 Å². The first-order chi connectivity index (χ1) is 15.0. The van der Waals surface area contributed by atoms with Crippen LogP contribution >= 0.6 is 15.9 Å². The number of benzene rings is 1. The molecule has 2 heterocycles. The SMILES string of the molecule is CC.CCCc1c[nH]c2ccc(Br)cc12.CN.CNC(C)=O.O=C[C@@H]1CCCN1C=O. The van der Waals surface area contributed by atoms with Crippen molar-refractivity contribution >= 4 is 45.4 Å². The molecule has 7 nitrogen and oxygen atoms in total. The monoisotopic (exact) mass is 498 g/mol. The number of carbonyl (C=O) groups is 3. The van der Waals surface area contributed by atoms with Gasteiger partial charge < -0.3 is 25.7 Å². The minimum absolute atomic E-state index is 0.00463. The predicted octanol–water partition coefficient (Wildman–Crippen LogP) is 4.04. The van der Waals surface area contributed by atoms with Gasteiger partial charge in [-0.25, -0.2) is 0 Å². The minimum atomic E-state index is -0.137. The van der Waals surface area contributed by atoms with Crippen LogP contribution in [0.25, 0.3) is 10.9 Å². The number of rotatable bonds is 4. The molecular weight excluding hydrogens is 460 g/mol. The molecule has 8 heteroatoms. The first kappa shape index (κ1) is 31.0.